The van der Waals surface area contributed by atoms with Gasteiger partial charge in [0.15, 0.2) is 0 Å². The first kappa shape index (κ1) is 8.97. The maximum atomic E-state index is 11.2. The summed E-state index contributed by atoms with van der Waals surface area (Å²) in [5.74, 6) is 0.0635. The van der Waals surface area contributed by atoms with Gasteiger partial charge < -0.3 is 11.1 Å². The molecule has 0 saturated carbocycles. The molecule has 3 nitrogen and oxygen atoms in total. The summed E-state index contributed by atoms with van der Waals surface area (Å²) < 4.78 is 0. The smallest absolute Gasteiger partial charge is 0.228 e. The van der Waals surface area contributed by atoms with E-state index in [1.165, 1.54) is 0 Å². The van der Waals surface area contributed by atoms with Gasteiger partial charge in [0.25, 0.3) is 0 Å². The lowest BCUT2D eigenvalue weighted by molar-refractivity contribution is -0.115. The molecule has 0 spiro atoms. The molecule has 0 unspecified atom stereocenters. The van der Waals surface area contributed by atoms with E-state index in [2.05, 4.69) is 5.32 Å². The number of anilines is 1. The summed E-state index contributed by atoms with van der Waals surface area (Å²) in [7, 11) is 0. The first-order valence-corrected chi connectivity index (χ1v) is 4.59. The van der Waals surface area contributed by atoms with Crippen LogP contribution in [0.25, 0.3) is 6.08 Å². The van der Waals surface area contributed by atoms with Crippen LogP contribution < -0.4 is 11.1 Å². The number of hydrogen-bond acceptors (Lipinski definition) is 2. The van der Waals surface area contributed by atoms with E-state index in [4.69, 9.17) is 5.73 Å². The minimum atomic E-state index is 0.0635. The number of nitrogens with two attached hydrogens (primary N) is 1. The molecule has 0 bridgehead atoms. The van der Waals surface area contributed by atoms with Crippen LogP contribution in [0, 0.1) is 0 Å². The van der Waals surface area contributed by atoms with Gasteiger partial charge in [-0.3, -0.25) is 4.79 Å². The Hall–Kier alpha value is -1.61. The van der Waals surface area contributed by atoms with Crippen molar-refractivity contribution in [2.24, 2.45) is 5.73 Å². The van der Waals surface area contributed by atoms with Gasteiger partial charge in [-0.25, -0.2) is 0 Å². The highest BCUT2D eigenvalue weighted by Gasteiger charge is 2.18. The van der Waals surface area contributed by atoms with Crippen LogP contribution in [0.2, 0.25) is 0 Å². The minimum absolute atomic E-state index is 0.0635. The van der Waals surface area contributed by atoms with Crippen molar-refractivity contribution < 1.29 is 4.79 Å². The Morgan fingerprint density at radius 2 is 2.36 bits per heavy atom. The molecule has 1 amide bonds. The number of fused-ring (bicyclic) bond motifs is 1. The number of nitrogens with one attached hydrogen (secondary N) is 1. The molecule has 3 N–H and O–H groups in total. The van der Waals surface area contributed by atoms with E-state index < -0.39 is 0 Å². The second-order valence-electron chi connectivity index (χ2n) is 3.24. The van der Waals surface area contributed by atoms with Crippen LogP contribution in [0.4, 0.5) is 5.69 Å². The molecule has 0 saturated heterocycles. The molecule has 0 fully saturated rings. The summed E-state index contributed by atoms with van der Waals surface area (Å²) in [6.07, 6.45) is 4.32. The average Bonchev–Trinajstić information content (AvgIpc) is 2.55. The van der Waals surface area contributed by atoms with Crippen LogP contribution in [-0.2, 0) is 11.2 Å². The molecule has 14 heavy (non-hydrogen) atoms. The largest absolute Gasteiger partial charge is 0.327 e. The quantitative estimate of drug-likeness (QED) is 0.731. The van der Waals surface area contributed by atoms with E-state index in [9.17, 15) is 4.79 Å². The van der Waals surface area contributed by atoms with E-state index >= 15 is 0 Å². The van der Waals surface area contributed by atoms with Gasteiger partial charge in [-0.1, -0.05) is 24.3 Å². The fraction of sp³-hybridized carbons (Fsp3) is 0.182. The Bertz CT molecular complexity index is 396. The van der Waals surface area contributed by atoms with Crippen LogP contribution in [0.3, 0.4) is 0 Å². The summed E-state index contributed by atoms with van der Waals surface area (Å²) in [6.45, 7) is 0.519. The molecule has 1 aromatic rings. The average molecular weight is 188 g/mol. The van der Waals surface area contributed by atoms with E-state index in [0.29, 0.717) is 13.0 Å². The van der Waals surface area contributed by atoms with Crippen LogP contribution in [0.5, 0.6) is 0 Å². The topological polar surface area (TPSA) is 55.1 Å². The Morgan fingerprint density at radius 1 is 1.50 bits per heavy atom. The summed E-state index contributed by atoms with van der Waals surface area (Å²) >= 11 is 0. The second kappa shape index (κ2) is 3.64. The summed E-state index contributed by atoms with van der Waals surface area (Å²) in [5, 5.41) is 2.81. The molecule has 0 radical (unpaired) electrons. The second-order valence-corrected chi connectivity index (χ2v) is 3.24. The number of rotatable bonds is 2. The van der Waals surface area contributed by atoms with Crippen LogP contribution in [0.15, 0.2) is 24.3 Å². The number of hydrogen-bond donors (Lipinski definition) is 2. The normalized spacial score (nSPS) is 14.5. The molecule has 2 rings (SSSR count). The zero-order chi connectivity index (χ0) is 9.97. The maximum Gasteiger partial charge on any atom is 0.228 e. The lowest BCUT2D eigenvalue weighted by atomic mass is 10.0. The van der Waals surface area contributed by atoms with Crippen molar-refractivity contribution in [1.29, 1.82) is 0 Å². The fourth-order valence-corrected chi connectivity index (χ4v) is 1.63. The van der Waals surface area contributed by atoms with Crippen molar-refractivity contribution in [3.63, 3.8) is 0 Å². The van der Waals surface area contributed by atoms with Crippen LogP contribution in [-0.4, -0.2) is 12.5 Å². The third-order valence-electron chi connectivity index (χ3n) is 2.26. The van der Waals surface area contributed by atoms with E-state index in [1.807, 2.05) is 30.4 Å². The van der Waals surface area contributed by atoms with Gasteiger partial charge in [0, 0.05) is 12.2 Å². The highest BCUT2D eigenvalue weighted by molar-refractivity contribution is 6.00. The predicted molar refractivity (Wildman–Crippen MR) is 56.9 cm³/mol. The van der Waals surface area contributed by atoms with Crippen molar-refractivity contribution in [1.82, 2.24) is 0 Å². The zero-order valence-electron chi connectivity index (χ0n) is 7.79. The highest BCUT2D eigenvalue weighted by Crippen LogP contribution is 2.26. The predicted octanol–water partition coefficient (Wildman–Crippen LogP) is 1.15. The molecule has 0 aromatic heterocycles. The Morgan fingerprint density at radius 3 is 3.14 bits per heavy atom. The summed E-state index contributed by atoms with van der Waals surface area (Å²) in [5.41, 5.74) is 8.45. The van der Waals surface area contributed by atoms with Crippen molar-refractivity contribution >= 4 is 17.7 Å². The molecular weight excluding hydrogens is 176 g/mol. The molecular formula is C11H12N2O. The van der Waals surface area contributed by atoms with Gasteiger partial charge in [0.2, 0.25) is 5.91 Å². The lowest BCUT2D eigenvalue weighted by Gasteiger charge is -2.01. The van der Waals surface area contributed by atoms with Gasteiger partial charge in [-0.2, -0.15) is 0 Å². The van der Waals surface area contributed by atoms with E-state index in [-0.39, 0.29) is 5.91 Å². The lowest BCUT2D eigenvalue weighted by Crippen LogP contribution is -2.03. The maximum absolute atomic E-state index is 11.2. The molecule has 3 heteroatoms. The number of amides is 1. The third-order valence-corrected chi connectivity index (χ3v) is 2.26. The van der Waals surface area contributed by atoms with Gasteiger partial charge in [0.1, 0.15) is 0 Å². The number of carbonyl (C=O) groups is 1. The molecule has 1 aliphatic rings. The van der Waals surface area contributed by atoms with Gasteiger partial charge in [0.05, 0.1) is 6.42 Å². The van der Waals surface area contributed by atoms with E-state index in [1.54, 1.807) is 0 Å². The van der Waals surface area contributed by atoms with Gasteiger partial charge in [-0.15, -0.1) is 0 Å². The third kappa shape index (κ3) is 1.54. The molecule has 0 aliphatic carbocycles. The van der Waals surface area contributed by atoms with Crippen LogP contribution in [0.1, 0.15) is 11.1 Å². The summed E-state index contributed by atoms with van der Waals surface area (Å²) in [4.78, 5) is 11.2. The number of benzene rings is 1. The molecule has 72 valence electrons. The van der Waals surface area contributed by atoms with Crippen molar-refractivity contribution in [2.45, 2.75) is 6.42 Å². The monoisotopic (exact) mass is 188 g/mol. The van der Waals surface area contributed by atoms with Crippen molar-refractivity contribution in [3.8, 4) is 0 Å². The Labute approximate surface area is 82.6 Å². The molecule has 0 atom stereocenters. The molecule has 1 heterocycles. The standard InChI is InChI=1S/C11H12N2O/c12-6-2-4-8-3-1-5-10-9(8)7-11(14)13-10/h1-5H,6-7,12H2,(H,13,14)/b4-2+. The Balaban J connectivity index is 2.39. The van der Waals surface area contributed by atoms with Gasteiger partial charge in [-0.05, 0) is 17.2 Å². The first-order chi connectivity index (χ1) is 6.81. The van der Waals surface area contributed by atoms with Crippen molar-refractivity contribution in [2.75, 3.05) is 11.9 Å². The first-order valence-electron chi connectivity index (χ1n) is 4.59. The van der Waals surface area contributed by atoms with Crippen LogP contribution >= 0.6 is 0 Å². The summed E-state index contributed by atoms with van der Waals surface area (Å²) in [6, 6.07) is 5.84. The van der Waals surface area contributed by atoms with Crippen molar-refractivity contribution in [3.05, 3.63) is 35.4 Å². The van der Waals surface area contributed by atoms with E-state index in [0.717, 1.165) is 16.8 Å². The minimum Gasteiger partial charge on any atom is -0.327 e. The number of carbonyl (C=O) groups excluding carboxylic acids is 1. The fourth-order valence-electron chi connectivity index (χ4n) is 1.63. The highest BCUT2D eigenvalue weighted by atomic mass is 16.1. The molecule has 1 aromatic carbocycles. The van der Waals surface area contributed by atoms with Gasteiger partial charge >= 0.3 is 0 Å². The zero-order valence-corrected chi connectivity index (χ0v) is 7.79. The Kier molecular flexibility index (Phi) is 2.33. The molecule has 1 aliphatic heterocycles. The SMILES string of the molecule is NC/C=C/c1cccc2c1CC(=O)N2.